The number of nitrogens with two attached hydrogens (primary N) is 1. The van der Waals surface area contributed by atoms with Crippen LogP contribution >= 0.6 is 0 Å². The van der Waals surface area contributed by atoms with E-state index in [0.29, 0.717) is 23.3 Å². The lowest BCUT2D eigenvalue weighted by molar-refractivity contribution is 0.335. The van der Waals surface area contributed by atoms with Gasteiger partial charge < -0.3 is 10.3 Å². The molecule has 0 fully saturated rings. The van der Waals surface area contributed by atoms with Crippen LogP contribution in [-0.4, -0.2) is 25.6 Å². The van der Waals surface area contributed by atoms with Gasteiger partial charge in [0.15, 0.2) is 5.69 Å². The summed E-state index contributed by atoms with van der Waals surface area (Å²) in [6.07, 6.45) is 2.34. The van der Waals surface area contributed by atoms with Gasteiger partial charge in [0.25, 0.3) is 0 Å². The largest absolute Gasteiger partial charge is 0.337 e. The zero-order chi connectivity index (χ0) is 11.5. The monoisotopic (exact) mass is 222 g/mol. The fourth-order valence-electron chi connectivity index (χ4n) is 1.41. The van der Waals surface area contributed by atoms with Gasteiger partial charge in [-0.05, 0) is 12.3 Å². The van der Waals surface area contributed by atoms with Crippen molar-refractivity contribution in [1.29, 1.82) is 0 Å². The number of nitrogens with one attached hydrogen (secondary N) is 1. The number of aromatic nitrogens is 5. The number of H-pyrrole nitrogens is 1. The first kappa shape index (κ1) is 10.7. The van der Waals surface area contributed by atoms with Crippen LogP contribution in [0.5, 0.6) is 0 Å². The van der Waals surface area contributed by atoms with Crippen LogP contribution in [-0.2, 0) is 0 Å². The SMILES string of the molecule is CC(C)CC(N)c1nc(-c2cn[nH]n2)no1. The second-order valence-electron chi connectivity index (χ2n) is 4.05. The lowest BCUT2D eigenvalue weighted by Crippen LogP contribution is -2.13. The number of nitrogens with zero attached hydrogens (tertiary/aromatic N) is 4. The summed E-state index contributed by atoms with van der Waals surface area (Å²) in [5, 5.41) is 13.8. The molecule has 2 aromatic heterocycles. The highest BCUT2D eigenvalue weighted by Gasteiger charge is 2.17. The second-order valence-corrected chi connectivity index (χ2v) is 4.05. The predicted octanol–water partition coefficient (Wildman–Crippen LogP) is 0.901. The maximum atomic E-state index is 5.92. The molecule has 2 heterocycles. The van der Waals surface area contributed by atoms with Gasteiger partial charge in [0.2, 0.25) is 11.7 Å². The van der Waals surface area contributed by atoms with Crippen LogP contribution in [0.4, 0.5) is 0 Å². The van der Waals surface area contributed by atoms with Crippen molar-refractivity contribution in [3.63, 3.8) is 0 Å². The summed E-state index contributed by atoms with van der Waals surface area (Å²) in [6.45, 7) is 4.18. The summed E-state index contributed by atoms with van der Waals surface area (Å²) < 4.78 is 5.08. The Morgan fingerprint density at radius 2 is 2.31 bits per heavy atom. The van der Waals surface area contributed by atoms with Gasteiger partial charge in [-0.25, -0.2) is 0 Å². The van der Waals surface area contributed by atoms with E-state index in [1.54, 1.807) is 0 Å². The molecule has 0 aliphatic heterocycles. The highest BCUT2D eigenvalue weighted by Crippen LogP contribution is 2.19. The average molecular weight is 222 g/mol. The summed E-state index contributed by atoms with van der Waals surface area (Å²) >= 11 is 0. The Morgan fingerprint density at radius 1 is 1.50 bits per heavy atom. The average Bonchev–Trinajstić information content (AvgIpc) is 2.87. The molecule has 0 radical (unpaired) electrons. The highest BCUT2D eigenvalue weighted by atomic mass is 16.5. The van der Waals surface area contributed by atoms with Gasteiger partial charge in [-0.15, -0.1) is 0 Å². The molecule has 0 bridgehead atoms. The zero-order valence-electron chi connectivity index (χ0n) is 9.21. The van der Waals surface area contributed by atoms with Gasteiger partial charge in [-0.2, -0.15) is 20.4 Å². The van der Waals surface area contributed by atoms with Crippen molar-refractivity contribution in [2.45, 2.75) is 26.3 Å². The van der Waals surface area contributed by atoms with E-state index in [2.05, 4.69) is 39.4 Å². The van der Waals surface area contributed by atoms with Crippen LogP contribution < -0.4 is 5.73 Å². The quantitative estimate of drug-likeness (QED) is 0.795. The van der Waals surface area contributed by atoms with Crippen LogP contribution in [0.25, 0.3) is 11.5 Å². The Morgan fingerprint density at radius 3 is 2.94 bits per heavy atom. The fourth-order valence-corrected chi connectivity index (χ4v) is 1.41. The smallest absolute Gasteiger partial charge is 0.243 e. The van der Waals surface area contributed by atoms with E-state index in [1.807, 2.05) is 0 Å². The molecule has 0 saturated carbocycles. The van der Waals surface area contributed by atoms with Gasteiger partial charge in [-0.1, -0.05) is 19.0 Å². The van der Waals surface area contributed by atoms with Crippen LogP contribution in [0, 0.1) is 5.92 Å². The molecule has 7 nitrogen and oxygen atoms in total. The molecule has 1 unspecified atom stereocenters. The summed E-state index contributed by atoms with van der Waals surface area (Å²) in [6, 6.07) is -0.229. The standard InChI is InChI=1S/C9H14N6O/c1-5(2)3-6(10)9-12-8(14-16-9)7-4-11-15-13-7/h4-6H,3,10H2,1-2H3,(H,11,13,15). The van der Waals surface area contributed by atoms with Gasteiger partial charge in [0.1, 0.15) is 0 Å². The van der Waals surface area contributed by atoms with Gasteiger partial charge in [-0.3, -0.25) is 0 Å². The molecule has 0 spiro atoms. The van der Waals surface area contributed by atoms with Crippen molar-refractivity contribution in [2.75, 3.05) is 0 Å². The topological polar surface area (TPSA) is 107 Å². The van der Waals surface area contributed by atoms with Crippen molar-refractivity contribution in [2.24, 2.45) is 11.7 Å². The molecule has 16 heavy (non-hydrogen) atoms. The zero-order valence-corrected chi connectivity index (χ0v) is 9.21. The minimum Gasteiger partial charge on any atom is -0.337 e. The second kappa shape index (κ2) is 4.40. The Kier molecular flexibility index (Phi) is 2.95. The Bertz CT molecular complexity index is 435. The summed E-state index contributed by atoms with van der Waals surface area (Å²) in [7, 11) is 0. The van der Waals surface area contributed by atoms with E-state index in [4.69, 9.17) is 10.3 Å². The molecule has 0 aromatic carbocycles. The van der Waals surface area contributed by atoms with Crippen LogP contribution in [0.15, 0.2) is 10.7 Å². The van der Waals surface area contributed by atoms with Crippen LogP contribution in [0.3, 0.4) is 0 Å². The molecular weight excluding hydrogens is 208 g/mol. The Labute approximate surface area is 92.4 Å². The minimum absolute atomic E-state index is 0.229. The minimum atomic E-state index is -0.229. The van der Waals surface area contributed by atoms with E-state index in [0.717, 1.165) is 6.42 Å². The highest BCUT2D eigenvalue weighted by molar-refractivity contribution is 5.44. The summed E-state index contributed by atoms with van der Waals surface area (Å²) in [5.74, 6) is 1.33. The molecular formula is C9H14N6O. The number of hydrogen-bond acceptors (Lipinski definition) is 6. The Hall–Kier alpha value is -1.76. The number of rotatable bonds is 4. The lowest BCUT2D eigenvalue weighted by atomic mass is 10.0. The molecule has 0 amide bonds. The molecule has 3 N–H and O–H groups in total. The fraction of sp³-hybridized carbons (Fsp3) is 0.556. The Balaban J connectivity index is 2.13. The first-order chi connectivity index (χ1) is 7.66. The van der Waals surface area contributed by atoms with Crippen molar-refractivity contribution in [3.8, 4) is 11.5 Å². The predicted molar refractivity (Wildman–Crippen MR) is 56.1 cm³/mol. The van der Waals surface area contributed by atoms with E-state index in [-0.39, 0.29) is 6.04 Å². The molecule has 0 aliphatic carbocycles. The van der Waals surface area contributed by atoms with Gasteiger partial charge >= 0.3 is 0 Å². The summed E-state index contributed by atoms with van der Waals surface area (Å²) in [5.41, 5.74) is 6.47. The third-order valence-electron chi connectivity index (χ3n) is 2.13. The molecule has 2 rings (SSSR count). The third kappa shape index (κ3) is 2.25. The van der Waals surface area contributed by atoms with Gasteiger partial charge in [0.05, 0.1) is 12.2 Å². The van der Waals surface area contributed by atoms with Crippen molar-refractivity contribution >= 4 is 0 Å². The number of hydrogen-bond donors (Lipinski definition) is 2. The number of aromatic amines is 1. The van der Waals surface area contributed by atoms with Gasteiger partial charge in [0, 0.05) is 0 Å². The van der Waals surface area contributed by atoms with E-state index < -0.39 is 0 Å². The van der Waals surface area contributed by atoms with Crippen molar-refractivity contribution in [1.82, 2.24) is 25.6 Å². The van der Waals surface area contributed by atoms with E-state index >= 15 is 0 Å². The van der Waals surface area contributed by atoms with Crippen molar-refractivity contribution in [3.05, 3.63) is 12.1 Å². The molecule has 1 atom stereocenters. The molecule has 0 saturated heterocycles. The summed E-state index contributed by atoms with van der Waals surface area (Å²) in [4.78, 5) is 4.18. The molecule has 86 valence electrons. The maximum Gasteiger partial charge on any atom is 0.243 e. The maximum absolute atomic E-state index is 5.92. The molecule has 2 aromatic rings. The first-order valence-corrected chi connectivity index (χ1v) is 5.12. The molecule has 7 heteroatoms. The first-order valence-electron chi connectivity index (χ1n) is 5.12. The third-order valence-corrected chi connectivity index (χ3v) is 2.13. The van der Waals surface area contributed by atoms with E-state index in [1.165, 1.54) is 6.20 Å². The van der Waals surface area contributed by atoms with Crippen LogP contribution in [0.2, 0.25) is 0 Å². The lowest BCUT2D eigenvalue weighted by Gasteiger charge is -2.08. The van der Waals surface area contributed by atoms with Crippen LogP contribution in [0.1, 0.15) is 32.2 Å². The van der Waals surface area contributed by atoms with Crippen molar-refractivity contribution < 1.29 is 4.52 Å². The molecule has 0 aliphatic rings. The van der Waals surface area contributed by atoms with E-state index in [9.17, 15) is 0 Å². The normalized spacial score (nSPS) is 13.2.